The highest BCUT2D eigenvalue weighted by Crippen LogP contribution is 2.21. The molecule has 322 valence electrons. The summed E-state index contributed by atoms with van der Waals surface area (Å²) in [6, 6.07) is 0. The summed E-state index contributed by atoms with van der Waals surface area (Å²) in [7, 11) is 0. The normalized spacial score (nSPS) is 11.7. The average Bonchev–Trinajstić information content (AvgIpc) is 3.17. The van der Waals surface area contributed by atoms with Gasteiger partial charge in [-0.25, -0.2) is 0 Å². The third kappa shape index (κ3) is 37.8. The van der Waals surface area contributed by atoms with Crippen LogP contribution in [-0.4, -0.2) is 60.9 Å². The largest absolute Gasteiger partial charge is 0.466 e. The molecular formula is C48H95NO5. The van der Waals surface area contributed by atoms with E-state index in [1.165, 1.54) is 154 Å². The van der Waals surface area contributed by atoms with E-state index in [4.69, 9.17) is 9.47 Å². The molecule has 0 aliphatic rings. The molecule has 0 fully saturated rings. The smallest absolute Gasteiger partial charge is 0.306 e. The Morgan fingerprint density at radius 1 is 0.444 bits per heavy atom. The van der Waals surface area contributed by atoms with Crippen LogP contribution in [-0.2, 0) is 19.1 Å². The Bertz CT molecular complexity index is 752. The standard InChI is InChI=1S/C48H95NO5/c1-5-9-13-15-19-25-35-46(36-26-20-16-14-10-6-2)54-48(52)38-28-22-18-24-30-41-49(42-31-32-43-50)40-29-23-17-21-27-37-47(51)53-44-39-45(33-11-7-3)34-12-8-4/h45-46,50H,5-44H2,1-4H3. The van der Waals surface area contributed by atoms with E-state index in [9.17, 15) is 14.7 Å². The van der Waals surface area contributed by atoms with Crippen molar-refractivity contribution in [1.29, 1.82) is 0 Å². The van der Waals surface area contributed by atoms with Gasteiger partial charge in [0, 0.05) is 19.4 Å². The Kier molecular flexibility index (Phi) is 42.1. The lowest BCUT2D eigenvalue weighted by atomic mass is 9.93. The number of aliphatic hydroxyl groups excluding tert-OH is 1. The second kappa shape index (κ2) is 43.0. The predicted octanol–water partition coefficient (Wildman–Crippen LogP) is 14.1. The Hall–Kier alpha value is -1.14. The lowest BCUT2D eigenvalue weighted by Gasteiger charge is -2.22. The summed E-state index contributed by atoms with van der Waals surface area (Å²) in [6.07, 6.45) is 40.5. The van der Waals surface area contributed by atoms with Crippen LogP contribution in [0.1, 0.15) is 252 Å². The predicted molar refractivity (Wildman–Crippen MR) is 232 cm³/mol. The summed E-state index contributed by atoms with van der Waals surface area (Å²) in [5.41, 5.74) is 0. The van der Waals surface area contributed by atoms with E-state index in [0.29, 0.717) is 25.4 Å². The molecule has 1 N–H and O–H groups in total. The van der Waals surface area contributed by atoms with Crippen LogP contribution in [0, 0.1) is 5.92 Å². The van der Waals surface area contributed by atoms with Gasteiger partial charge in [0.25, 0.3) is 0 Å². The number of hydrogen-bond donors (Lipinski definition) is 1. The first kappa shape index (κ1) is 52.9. The van der Waals surface area contributed by atoms with Crippen molar-refractivity contribution in [3.8, 4) is 0 Å². The Labute approximate surface area is 337 Å². The molecular weight excluding hydrogens is 671 g/mol. The summed E-state index contributed by atoms with van der Waals surface area (Å²) in [6.45, 7) is 13.2. The van der Waals surface area contributed by atoms with Gasteiger partial charge in [0.05, 0.1) is 6.61 Å². The zero-order valence-electron chi connectivity index (χ0n) is 37.0. The molecule has 0 aromatic heterocycles. The van der Waals surface area contributed by atoms with Gasteiger partial charge in [-0.1, -0.05) is 169 Å². The molecule has 0 atom stereocenters. The topological polar surface area (TPSA) is 76.1 Å². The fourth-order valence-electron chi connectivity index (χ4n) is 7.69. The second-order valence-corrected chi connectivity index (χ2v) is 16.7. The molecule has 0 amide bonds. The number of nitrogens with zero attached hydrogens (tertiary/aromatic N) is 1. The van der Waals surface area contributed by atoms with Gasteiger partial charge in [-0.3, -0.25) is 9.59 Å². The number of aliphatic hydroxyl groups is 1. The van der Waals surface area contributed by atoms with Crippen molar-refractivity contribution in [3.05, 3.63) is 0 Å². The third-order valence-electron chi connectivity index (χ3n) is 11.4. The van der Waals surface area contributed by atoms with Crippen molar-refractivity contribution >= 4 is 11.9 Å². The monoisotopic (exact) mass is 766 g/mol. The molecule has 0 saturated heterocycles. The van der Waals surface area contributed by atoms with Crippen molar-refractivity contribution < 1.29 is 24.2 Å². The zero-order valence-corrected chi connectivity index (χ0v) is 37.0. The van der Waals surface area contributed by atoms with Crippen molar-refractivity contribution in [3.63, 3.8) is 0 Å². The number of hydrogen-bond acceptors (Lipinski definition) is 6. The van der Waals surface area contributed by atoms with Crippen molar-refractivity contribution in [2.75, 3.05) is 32.8 Å². The number of esters is 2. The maximum atomic E-state index is 12.8. The van der Waals surface area contributed by atoms with Crippen LogP contribution in [0.3, 0.4) is 0 Å². The van der Waals surface area contributed by atoms with Gasteiger partial charge in [-0.05, 0) is 96.2 Å². The van der Waals surface area contributed by atoms with E-state index < -0.39 is 0 Å². The minimum atomic E-state index is -0.0130. The van der Waals surface area contributed by atoms with Crippen molar-refractivity contribution in [2.24, 2.45) is 5.92 Å². The van der Waals surface area contributed by atoms with Gasteiger partial charge in [0.2, 0.25) is 0 Å². The molecule has 0 saturated carbocycles. The van der Waals surface area contributed by atoms with Crippen molar-refractivity contribution in [1.82, 2.24) is 4.90 Å². The second-order valence-electron chi connectivity index (χ2n) is 16.7. The molecule has 6 heteroatoms. The molecule has 0 aliphatic carbocycles. The Morgan fingerprint density at radius 3 is 1.33 bits per heavy atom. The summed E-state index contributed by atoms with van der Waals surface area (Å²) in [4.78, 5) is 27.6. The van der Waals surface area contributed by atoms with E-state index >= 15 is 0 Å². The molecule has 0 spiro atoms. The fourth-order valence-corrected chi connectivity index (χ4v) is 7.69. The third-order valence-corrected chi connectivity index (χ3v) is 11.4. The molecule has 0 bridgehead atoms. The van der Waals surface area contributed by atoms with Crippen LogP contribution in [0.15, 0.2) is 0 Å². The van der Waals surface area contributed by atoms with Gasteiger partial charge >= 0.3 is 11.9 Å². The molecule has 0 radical (unpaired) electrons. The Balaban J connectivity index is 4.19. The highest BCUT2D eigenvalue weighted by Gasteiger charge is 2.15. The highest BCUT2D eigenvalue weighted by molar-refractivity contribution is 5.69. The molecule has 0 aromatic rings. The van der Waals surface area contributed by atoms with Crippen LogP contribution in [0.5, 0.6) is 0 Å². The molecule has 0 unspecified atom stereocenters. The van der Waals surface area contributed by atoms with E-state index in [1.807, 2.05) is 0 Å². The maximum absolute atomic E-state index is 12.8. The number of rotatable bonds is 44. The van der Waals surface area contributed by atoms with Crippen LogP contribution < -0.4 is 0 Å². The first-order valence-electron chi connectivity index (χ1n) is 24.2. The lowest BCUT2D eigenvalue weighted by molar-refractivity contribution is -0.150. The van der Waals surface area contributed by atoms with Gasteiger partial charge in [-0.15, -0.1) is 0 Å². The molecule has 0 rings (SSSR count). The summed E-state index contributed by atoms with van der Waals surface area (Å²) in [5.74, 6) is 0.720. The fraction of sp³-hybridized carbons (Fsp3) is 0.958. The molecule has 0 aliphatic heterocycles. The van der Waals surface area contributed by atoms with Crippen molar-refractivity contribution in [2.45, 2.75) is 259 Å². The number of unbranched alkanes of at least 4 members (excludes halogenated alkanes) is 21. The first-order valence-corrected chi connectivity index (χ1v) is 24.2. The SMILES string of the molecule is CCCCCCCCC(CCCCCCCC)OC(=O)CCCCCCCN(CCCCO)CCCCCCCC(=O)OCCC(CCCC)CCCC. The van der Waals surface area contributed by atoms with Crippen LogP contribution in [0.2, 0.25) is 0 Å². The summed E-state index contributed by atoms with van der Waals surface area (Å²) < 4.78 is 11.6. The Morgan fingerprint density at radius 2 is 0.852 bits per heavy atom. The number of ether oxygens (including phenoxy) is 2. The van der Waals surface area contributed by atoms with Gasteiger partial charge in [0.1, 0.15) is 6.10 Å². The van der Waals surface area contributed by atoms with E-state index in [-0.39, 0.29) is 24.6 Å². The van der Waals surface area contributed by atoms with E-state index in [1.54, 1.807) is 0 Å². The summed E-state index contributed by atoms with van der Waals surface area (Å²) >= 11 is 0. The van der Waals surface area contributed by atoms with Gasteiger partial charge < -0.3 is 19.5 Å². The first-order chi connectivity index (χ1) is 26.5. The lowest BCUT2D eigenvalue weighted by Crippen LogP contribution is -2.27. The zero-order chi connectivity index (χ0) is 39.6. The van der Waals surface area contributed by atoms with Gasteiger partial charge in [0.15, 0.2) is 0 Å². The molecule has 0 heterocycles. The maximum Gasteiger partial charge on any atom is 0.306 e. The minimum Gasteiger partial charge on any atom is -0.466 e. The van der Waals surface area contributed by atoms with Crippen LogP contribution in [0.25, 0.3) is 0 Å². The minimum absolute atomic E-state index is 0.0130. The quantitative estimate of drug-likeness (QED) is 0.0492. The molecule has 0 aromatic carbocycles. The average molecular weight is 766 g/mol. The van der Waals surface area contributed by atoms with Crippen LogP contribution >= 0.6 is 0 Å². The number of carbonyl (C=O) groups excluding carboxylic acids is 2. The molecule has 54 heavy (non-hydrogen) atoms. The molecule has 6 nitrogen and oxygen atoms in total. The highest BCUT2D eigenvalue weighted by atomic mass is 16.5. The number of carbonyl (C=O) groups is 2. The van der Waals surface area contributed by atoms with E-state index in [0.717, 1.165) is 77.4 Å². The van der Waals surface area contributed by atoms with Gasteiger partial charge in [-0.2, -0.15) is 0 Å². The van der Waals surface area contributed by atoms with E-state index in [2.05, 4.69) is 32.6 Å². The summed E-state index contributed by atoms with van der Waals surface area (Å²) in [5, 5.41) is 9.30. The van der Waals surface area contributed by atoms with Crippen LogP contribution in [0.4, 0.5) is 0 Å².